The van der Waals surface area contributed by atoms with E-state index in [1.807, 2.05) is 30.5 Å². The highest BCUT2D eigenvalue weighted by molar-refractivity contribution is 6.43. The second kappa shape index (κ2) is 6.00. The van der Waals surface area contributed by atoms with E-state index in [9.17, 15) is 0 Å². The molecular weight excluding hydrogens is 295 g/mol. The maximum atomic E-state index is 6.23. The maximum absolute atomic E-state index is 6.23. The summed E-state index contributed by atoms with van der Waals surface area (Å²) in [5.74, 6) is 0.968. The molecule has 1 aromatic heterocycles. The Bertz CT molecular complexity index is 595. The summed E-state index contributed by atoms with van der Waals surface area (Å²) in [6, 6.07) is 9.65. The molecule has 1 aliphatic heterocycles. The van der Waals surface area contributed by atoms with Crippen LogP contribution in [0.3, 0.4) is 0 Å². The molecule has 0 spiro atoms. The Morgan fingerprint density at radius 1 is 1.05 bits per heavy atom. The molecule has 104 valence electrons. The third kappa shape index (κ3) is 2.75. The van der Waals surface area contributed by atoms with Gasteiger partial charge in [0.05, 0.1) is 23.3 Å². The van der Waals surface area contributed by atoms with Gasteiger partial charge >= 0.3 is 0 Å². The van der Waals surface area contributed by atoms with Crippen LogP contribution in [0, 0.1) is 0 Å². The van der Waals surface area contributed by atoms with Crippen LogP contribution in [-0.2, 0) is 4.74 Å². The molecule has 3 rings (SSSR count). The van der Waals surface area contributed by atoms with E-state index in [1.165, 1.54) is 0 Å². The normalized spacial score (nSPS) is 15.4. The lowest BCUT2D eigenvalue weighted by atomic mass is 10.1. The van der Waals surface area contributed by atoms with Crippen molar-refractivity contribution in [1.29, 1.82) is 0 Å². The number of pyridine rings is 1. The Morgan fingerprint density at radius 2 is 1.85 bits per heavy atom. The monoisotopic (exact) mass is 308 g/mol. The zero-order valence-electron chi connectivity index (χ0n) is 10.9. The van der Waals surface area contributed by atoms with Gasteiger partial charge in [0.1, 0.15) is 5.82 Å². The van der Waals surface area contributed by atoms with Crippen molar-refractivity contribution in [1.82, 2.24) is 4.98 Å². The standard InChI is InChI=1S/C15H14Cl2N2O/c16-13-3-1-2-12(15(13)17)11-4-5-14(18-10-11)19-6-8-20-9-7-19/h1-5,10H,6-9H2. The number of hydrogen-bond donors (Lipinski definition) is 0. The van der Waals surface area contributed by atoms with Gasteiger partial charge in [-0.25, -0.2) is 4.98 Å². The van der Waals surface area contributed by atoms with Gasteiger partial charge in [0, 0.05) is 30.4 Å². The van der Waals surface area contributed by atoms with Gasteiger partial charge in [-0.1, -0.05) is 35.3 Å². The molecule has 2 heterocycles. The molecule has 1 saturated heterocycles. The third-order valence-corrected chi connectivity index (χ3v) is 4.16. The summed E-state index contributed by atoms with van der Waals surface area (Å²) < 4.78 is 5.34. The molecule has 5 heteroatoms. The number of rotatable bonds is 2. The van der Waals surface area contributed by atoms with Crippen LogP contribution in [0.15, 0.2) is 36.5 Å². The average molecular weight is 309 g/mol. The molecule has 0 saturated carbocycles. The third-order valence-electron chi connectivity index (χ3n) is 3.35. The van der Waals surface area contributed by atoms with Crippen LogP contribution in [0.2, 0.25) is 10.0 Å². The number of hydrogen-bond acceptors (Lipinski definition) is 3. The smallest absolute Gasteiger partial charge is 0.128 e. The summed E-state index contributed by atoms with van der Waals surface area (Å²) in [4.78, 5) is 6.73. The zero-order valence-corrected chi connectivity index (χ0v) is 12.4. The average Bonchev–Trinajstić information content (AvgIpc) is 2.51. The summed E-state index contributed by atoms with van der Waals surface area (Å²) in [6.45, 7) is 3.27. The Morgan fingerprint density at radius 3 is 2.55 bits per heavy atom. The van der Waals surface area contributed by atoms with Gasteiger partial charge in [0.2, 0.25) is 0 Å². The van der Waals surface area contributed by atoms with E-state index in [0.717, 1.165) is 43.2 Å². The molecule has 0 bridgehead atoms. The molecule has 0 radical (unpaired) electrons. The Kier molecular flexibility index (Phi) is 4.10. The maximum Gasteiger partial charge on any atom is 0.128 e. The predicted octanol–water partition coefficient (Wildman–Crippen LogP) is 3.89. The van der Waals surface area contributed by atoms with Gasteiger partial charge in [-0.2, -0.15) is 0 Å². The van der Waals surface area contributed by atoms with Crippen molar-refractivity contribution in [2.75, 3.05) is 31.2 Å². The quantitative estimate of drug-likeness (QED) is 0.841. The van der Waals surface area contributed by atoms with Gasteiger partial charge in [0.15, 0.2) is 0 Å². The van der Waals surface area contributed by atoms with Crippen LogP contribution in [-0.4, -0.2) is 31.3 Å². The second-order valence-electron chi connectivity index (χ2n) is 4.61. The molecule has 20 heavy (non-hydrogen) atoms. The van der Waals surface area contributed by atoms with Gasteiger partial charge < -0.3 is 9.64 Å². The Balaban J connectivity index is 1.87. The highest BCUT2D eigenvalue weighted by Crippen LogP contribution is 2.33. The van der Waals surface area contributed by atoms with Crippen LogP contribution in [0.4, 0.5) is 5.82 Å². The predicted molar refractivity (Wildman–Crippen MR) is 82.7 cm³/mol. The first-order valence-electron chi connectivity index (χ1n) is 6.49. The fourth-order valence-electron chi connectivity index (χ4n) is 2.25. The number of morpholine rings is 1. The Hall–Kier alpha value is -1.29. The first-order chi connectivity index (χ1) is 9.75. The number of aromatic nitrogens is 1. The molecule has 0 amide bonds. The number of nitrogens with zero attached hydrogens (tertiary/aromatic N) is 2. The summed E-state index contributed by atoms with van der Waals surface area (Å²) in [7, 11) is 0. The van der Waals surface area contributed by atoms with Crippen molar-refractivity contribution in [3.05, 3.63) is 46.6 Å². The van der Waals surface area contributed by atoms with E-state index < -0.39 is 0 Å². The first kappa shape index (κ1) is 13.7. The van der Waals surface area contributed by atoms with Crippen LogP contribution in [0.25, 0.3) is 11.1 Å². The van der Waals surface area contributed by atoms with E-state index in [1.54, 1.807) is 6.07 Å². The zero-order chi connectivity index (χ0) is 13.9. The summed E-state index contributed by atoms with van der Waals surface area (Å²) in [5.41, 5.74) is 1.87. The van der Waals surface area contributed by atoms with E-state index in [0.29, 0.717) is 10.0 Å². The summed E-state index contributed by atoms with van der Waals surface area (Å²) >= 11 is 12.3. The number of benzene rings is 1. The van der Waals surface area contributed by atoms with Crippen LogP contribution in [0.1, 0.15) is 0 Å². The largest absolute Gasteiger partial charge is 0.378 e. The second-order valence-corrected chi connectivity index (χ2v) is 5.39. The minimum atomic E-state index is 0.557. The molecule has 0 atom stereocenters. The highest BCUT2D eigenvalue weighted by atomic mass is 35.5. The van der Waals surface area contributed by atoms with Crippen molar-refractivity contribution >= 4 is 29.0 Å². The summed E-state index contributed by atoms with van der Waals surface area (Å²) in [6.07, 6.45) is 1.84. The number of anilines is 1. The molecular formula is C15H14Cl2N2O. The SMILES string of the molecule is Clc1cccc(-c2ccc(N3CCOCC3)nc2)c1Cl. The number of halogens is 2. The fourth-order valence-corrected chi connectivity index (χ4v) is 2.66. The molecule has 1 aliphatic rings. The molecule has 3 nitrogen and oxygen atoms in total. The Labute approximate surface area is 128 Å². The lowest BCUT2D eigenvalue weighted by Crippen LogP contribution is -2.36. The topological polar surface area (TPSA) is 25.4 Å². The van der Waals surface area contributed by atoms with Crippen molar-refractivity contribution in [2.45, 2.75) is 0 Å². The van der Waals surface area contributed by atoms with E-state index in [2.05, 4.69) is 9.88 Å². The van der Waals surface area contributed by atoms with Crippen molar-refractivity contribution in [2.24, 2.45) is 0 Å². The van der Waals surface area contributed by atoms with Crippen molar-refractivity contribution in [3.8, 4) is 11.1 Å². The lowest BCUT2D eigenvalue weighted by molar-refractivity contribution is 0.122. The lowest BCUT2D eigenvalue weighted by Gasteiger charge is -2.27. The van der Waals surface area contributed by atoms with E-state index in [-0.39, 0.29) is 0 Å². The van der Waals surface area contributed by atoms with Crippen LogP contribution >= 0.6 is 23.2 Å². The van der Waals surface area contributed by atoms with Crippen molar-refractivity contribution < 1.29 is 4.74 Å². The fraction of sp³-hybridized carbons (Fsp3) is 0.267. The summed E-state index contributed by atoms with van der Waals surface area (Å²) in [5, 5.41) is 1.12. The minimum Gasteiger partial charge on any atom is -0.378 e. The molecule has 2 aromatic rings. The van der Waals surface area contributed by atoms with Crippen molar-refractivity contribution in [3.63, 3.8) is 0 Å². The molecule has 0 unspecified atom stereocenters. The van der Waals surface area contributed by atoms with E-state index >= 15 is 0 Å². The molecule has 0 N–H and O–H groups in total. The molecule has 1 fully saturated rings. The highest BCUT2D eigenvalue weighted by Gasteiger charge is 2.13. The number of ether oxygens (including phenoxy) is 1. The molecule has 0 aliphatic carbocycles. The van der Waals surface area contributed by atoms with Gasteiger partial charge in [-0.15, -0.1) is 0 Å². The molecule has 1 aromatic carbocycles. The first-order valence-corrected chi connectivity index (χ1v) is 7.24. The van der Waals surface area contributed by atoms with Crippen LogP contribution < -0.4 is 4.90 Å². The van der Waals surface area contributed by atoms with Crippen LogP contribution in [0.5, 0.6) is 0 Å². The van der Waals surface area contributed by atoms with Gasteiger partial charge in [-0.05, 0) is 18.2 Å². The van der Waals surface area contributed by atoms with Gasteiger partial charge in [0.25, 0.3) is 0 Å². The van der Waals surface area contributed by atoms with Gasteiger partial charge in [-0.3, -0.25) is 0 Å². The van der Waals surface area contributed by atoms with E-state index in [4.69, 9.17) is 27.9 Å². The minimum absolute atomic E-state index is 0.557.